The maximum absolute atomic E-state index is 12.0. The van der Waals surface area contributed by atoms with E-state index in [2.05, 4.69) is 15.4 Å². The highest BCUT2D eigenvalue weighted by Crippen LogP contribution is 1.99. The van der Waals surface area contributed by atoms with Crippen molar-refractivity contribution in [2.45, 2.75) is 26.0 Å². The van der Waals surface area contributed by atoms with E-state index in [1.54, 1.807) is 0 Å². The Balaban J connectivity index is 2.42. The maximum Gasteiger partial charge on any atom is 0.345 e. The van der Waals surface area contributed by atoms with E-state index < -0.39 is 31.1 Å². The fourth-order valence-corrected chi connectivity index (χ4v) is 1.70. The van der Waals surface area contributed by atoms with Crippen LogP contribution in [0.5, 0.6) is 0 Å². The largest absolute Gasteiger partial charge is 0.354 e. The minimum Gasteiger partial charge on any atom is -0.354 e. The lowest BCUT2D eigenvalue weighted by Gasteiger charge is -2.17. The molecule has 2 amide bonds. The van der Waals surface area contributed by atoms with Crippen LogP contribution in [0, 0.1) is 0 Å². The maximum atomic E-state index is 12.0. The van der Waals surface area contributed by atoms with Crippen molar-refractivity contribution in [3.8, 4) is 0 Å². The topological polar surface area (TPSA) is 67.4 Å². The summed E-state index contributed by atoms with van der Waals surface area (Å²) >= 11 is 0. The summed E-state index contributed by atoms with van der Waals surface area (Å²) in [4.78, 5) is 22.8. The van der Waals surface area contributed by atoms with E-state index in [0.717, 1.165) is 5.56 Å². The Morgan fingerprint density at radius 1 is 1.24 bits per heavy atom. The predicted octanol–water partition coefficient (Wildman–Crippen LogP) is 1.09. The third kappa shape index (κ3) is 7.36. The number of carbonyl (C=O) groups is 2. The second-order valence-electron chi connectivity index (χ2n) is 4.37. The lowest BCUT2D eigenvalue weighted by molar-refractivity contribution is -0.146. The van der Waals surface area contributed by atoms with Crippen LogP contribution in [0.2, 0.25) is 0 Å². The first-order chi connectivity index (χ1) is 9.99. The van der Waals surface area contributed by atoms with Crippen molar-refractivity contribution in [2.24, 2.45) is 0 Å². The van der Waals surface area contributed by atoms with Crippen molar-refractivity contribution in [2.75, 3.05) is 13.2 Å². The van der Waals surface area contributed by atoms with Crippen LogP contribution >= 0.6 is 0 Å². The van der Waals surface area contributed by atoms with E-state index >= 15 is 0 Å². The minimum atomic E-state index is -2.99. The van der Waals surface area contributed by atoms with Crippen molar-refractivity contribution < 1.29 is 23.1 Å². The quantitative estimate of drug-likeness (QED) is 0.755. The number of ether oxygens (including phenoxy) is 1. The van der Waals surface area contributed by atoms with Gasteiger partial charge in [0.15, 0.2) is 0 Å². The van der Waals surface area contributed by atoms with Gasteiger partial charge in [-0.05, 0) is 12.0 Å². The van der Waals surface area contributed by atoms with Crippen LogP contribution in [-0.4, -0.2) is 37.6 Å². The van der Waals surface area contributed by atoms with Crippen LogP contribution in [0.1, 0.15) is 12.5 Å². The van der Waals surface area contributed by atoms with Gasteiger partial charge in [0.1, 0.15) is 6.04 Å². The molecule has 1 aromatic carbocycles. The fourth-order valence-electron chi connectivity index (χ4n) is 1.70. The molecule has 0 heterocycles. The molecule has 116 valence electrons. The first-order valence-corrected chi connectivity index (χ1v) is 6.47. The first kappa shape index (κ1) is 17.0. The first-order valence-electron chi connectivity index (χ1n) is 6.47. The number of halogens is 2. The Kier molecular flexibility index (Phi) is 7.31. The van der Waals surface area contributed by atoms with Gasteiger partial charge < -0.3 is 15.4 Å². The molecule has 0 saturated carbocycles. The third-order valence-electron chi connectivity index (χ3n) is 2.64. The highest BCUT2D eigenvalue weighted by atomic mass is 19.3. The molecular weight excluding hydrogens is 282 g/mol. The SMILES string of the molecule is CC(=O)NC(COC(F)F)C(=O)NCCc1ccccc1. The molecule has 0 radical (unpaired) electrons. The molecule has 0 bridgehead atoms. The Morgan fingerprint density at radius 2 is 1.90 bits per heavy atom. The minimum absolute atomic E-state index is 0.341. The summed E-state index contributed by atoms with van der Waals surface area (Å²) in [5.74, 6) is -1.04. The molecule has 0 fully saturated rings. The number of hydrogen-bond donors (Lipinski definition) is 2. The lowest BCUT2D eigenvalue weighted by atomic mass is 10.1. The van der Waals surface area contributed by atoms with Crippen LogP contribution in [0.15, 0.2) is 30.3 Å². The van der Waals surface area contributed by atoms with Crippen LogP contribution < -0.4 is 10.6 Å². The second-order valence-corrected chi connectivity index (χ2v) is 4.37. The normalized spacial score (nSPS) is 12.0. The highest BCUT2D eigenvalue weighted by Gasteiger charge is 2.21. The van der Waals surface area contributed by atoms with Gasteiger partial charge in [0.2, 0.25) is 11.8 Å². The van der Waals surface area contributed by atoms with Crippen molar-refractivity contribution in [1.82, 2.24) is 10.6 Å². The zero-order chi connectivity index (χ0) is 15.7. The zero-order valence-electron chi connectivity index (χ0n) is 11.6. The molecule has 1 unspecified atom stereocenters. The molecule has 0 aliphatic rings. The Labute approximate surface area is 121 Å². The van der Waals surface area contributed by atoms with E-state index in [1.165, 1.54) is 6.92 Å². The molecular formula is C14H18F2N2O3. The monoisotopic (exact) mass is 300 g/mol. The van der Waals surface area contributed by atoms with Crippen LogP contribution in [0.4, 0.5) is 8.78 Å². The molecule has 1 rings (SSSR count). The Hall–Kier alpha value is -2.02. The van der Waals surface area contributed by atoms with Crippen molar-refractivity contribution >= 4 is 11.8 Å². The van der Waals surface area contributed by atoms with Gasteiger partial charge in [0, 0.05) is 13.5 Å². The summed E-state index contributed by atoms with van der Waals surface area (Å²) < 4.78 is 28.1. The fraction of sp³-hybridized carbons (Fsp3) is 0.429. The summed E-state index contributed by atoms with van der Waals surface area (Å²) in [6.45, 7) is -2.02. The van der Waals surface area contributed by atoms with Crippen molar-refractivity contribution in [3.05, 3.63) is 35.9 Å². The van der Waals surface area contributed by atoms with E-state index in [4.69, 9.17) is 0 Å². The third-order valence-corrected chi connectivity index (χ3v) is 2.64. The molecule has 7 heteroatoms. The van der Waals surface area contributed by atoms with Gasteiger partial charge in [0.05, 0.1) is 6.61 Å². The van der Waals surface area contributed by atoms with E-state index in [9.17, 15) is 18.4 Å². The number of benzene rings is 1. The average molecular weight is 300 g/mol. The Bertz CT molecular complexity index is 455. The van der Waals surface area contributed by atoms with Crippen molar-refractivity contribution in [1.29, 1.82) is 0 Å². The standard InChI is InChI=1S/C14H18F2N2O3/c1-10(19)18-12(9-21-14(15)16)13(20)17-8-7-11-5-3-2-4-6-11/h2-6,12,14H,7-9H2,1H3,(H,17,20)(H,18,19). The van der Waals surface area contributed by atoms with Gasteiger partial charge in [0.25, 0.3) is 0 Å². The summed E-state index contributed by atoms with van der Waals surface area (Å²) in [6, 6.07) is 8.35. The number of amides is 2. The van der Waals surface area contributed by atoms with E-state index in [1.807, 2.05) is 30.3 Å². The highest BCUT2D eigenvalue weighted by molar-refractivity contribution is 5.86. The van der Waals surface area contributed by atoms with Crippen LogP contribution in [0.25, 0.3) is 0 Å². The summed E-state index contributed by atoms with van der Waals surface area (Å²) in [6.07, 6.45) is 0.606. The van der Waals surface area contributed by atoms with Crippen LogP contribution in [0.3, 0.4) is 0 Å². The average Bonchev–Trinajstić information content (AvgIpc) is 2.44. The van der Waals surface area contributed by atoms with E-state index in [-0.39, 0.29) is 0 Å². The molecule has 21 heavy (non-hydrogen) atoms. The predicted molar refractivity (Wildman–Crippen MR) is 72.7 cm³/mol. The van der Waals surface area contributed by atoms with Gasteiger partial charge in [-0.3, -0.25) is 9.59 Å². The molecule has 0 aromatic heterocycles. The summed E-state index contributed by atoms with van der Waals surface area (Å²) in [7, 11) is 0. The van der Waals surface area contributed by atoms with Gasteiger partial charge in [-0.2, -0.15) is 8.78 Å². The number of alkyl halides is 2. The molecule has 1 atom stereocenters. The number of hydrogen-bond acceptors (Lipinski definition) is 3. The van der Waals surface area contributed by atoms with Gasteiger partial charge >= 0.3 is 6.61 Å². The smallest absolute Gasteiger partial charge is 0.345 e. The molecule has 2 N–H and O–H groups in total. The van der Waals surface area contributed by atoms with Gasteiger partial charge in [-0.1, -0.05) is 30.3 Å². The van der Waals surface area contributed by atoms with Crippen LogP contribution in [-0.2, 0) is 20.7 Å². The van der Waals surface area contributed by atoms with Gasteiger partial charge in [-0.15, -0.1) is 0 Å². The number of carbonyl (C=O) groups excluding carboxylic acids is 2. The van der Waals surface area contributed by atoms with Crippen molar-refractivity contribution in [3.63, 3.8) is 0 Å². The second kappa shape index (κ2) is 9.02. The molecule has 0 saturated heterocycles. The van der Waals surface area contributed by atoms with Gasteiger partial charge in [-0.25, -0.2) is 0 Å². The molecule has 1 aromatic rings. The summed E-state index contributed by atoms with van der Waals surface area (Å²) in [5, 5.41) is 4.86. The zero-order valence-corrected chi connectivity index (χ0v) is 11.6. The Morgan fingerprint density at radius 3 is 2.48 bits per heavy atom. The van der Waals surface area contributed by atoms with E-state index in [0.29, 0.717) is 13.0 Å². The molecule has 5 nitrogen and oxygen atoms in total. The molecule has 0 aliphatic heterocycles. The molecule has 0 aliphatic carbocycles. The summed E-state index contributed by atoms with van der Waals surface area (Å²) in [5.41, 5.74) is 1.04. The molecule has 0 spiro atoms. The lowest BCUT2D eigenvalue weighted by Crippen LogP contribution is -2.49. The number of rotatable bonds is 8. The number of nitrogens with one attached hydrogen (secondary N) is 2.